The van der Waals surface area contributed by atoms with Crippen LogP contribution < -0.4 is 9.47 Å². The first-order chi connectivity index (χ1) is 13.5. The van der Waals surface area contributed by atoms with Gasteiger partial charge in [0.15, 0.2) is 11.5 Å². The number of hydrogen-bond acceptors (Lipinski definition) is 6. The summed E-state index contributed by atoms with van der Waals surface area (Å²) in [6.45, 7) is 3.16. The molecule has 1 N–H and O–H groups in total. The highest BCUT2D eigenvalue weighted by Crippen LogP contribution is 2.35. The third kappa shape index (κ3) is 6.24. The lowest BCUT2D eigenvalue weighted by Crippen LogP contribution is -2.29. The molecule has 0 saturated carbocycles. The third-order valence-electron chi connectivity index (χ3n) is 4.09. The first-order valence-electron chi connectivity index (χ1n) is 9.24. The molecule has 0 unspecified atom stereocenters. The Bertz CT molecular complexity index is 763. The second kappa shape index (κ2) is 11.1. The molecule has 1 amide bonds. The van der Waals surface area contributed by atoms with Crippen LogP contribution in [-0.2, 0) is 9.59 Å². The molecule has 6 nitrogen and oxygen atoms in total. The maximum Gasteiger partial charge on any atom is 0.303 e. The molecule has 1 fully saturated rings. The van der Waals surface area contributed by atoms with Crippen LogP contribution in [0.1, 0.15) is 44.6 Å². The molecule has 0 bridgehead atoms. The molecule has 8 heteroatoms. The van der Waals surface area contributed by atoms with E-state index in [0.717, 1.165) is 24.8 Å². The number of carbonyl (C=O) groups is 2. The maximum absolute atomic E-state index is 12.7. The number of hydrogen-bond donors (Lipinski definition) is 1. The summed E-state index contributed by atoms with van der Waals surface area (Å²) in [5.74, 6) is 0.389. The number of thiocarbonyl (C=S) groups is 1. The number of benzene rings is 1. The van der Waals surface area contributed by atoms with Crippen molar-refractivity contribution in [1.29, 1.82) is 0 Å². The van der Waals surface area contributed by atoms with Crippen LogP contribution in [0.15, 0.2) is 23.1 Å². The number of nitrogens with zero attached hydrogens (tertiary/aromatic N) is 1. The molecular formula is C20H25NO5S2. The van der Waals surface area contributed by atoms with Crippen molar-refractivity contribution in [1.82, 2.24) is 4.90 Å². The number of aliphatic carboxylic acids is 1. The van der Waals surface area contributed by atoms with Crippen molar-refractivity contribution in [2.45, 2.75) is 39.0 Å². The Kier molecular flexibility index (Phi) is 8.79. The van der Waals surface area contributed by atoms with Crippen molar-refractivity contribution in [2.24, 2.45) is 0 Å². The monoisotopic (exact) mass is 423 g/mol. The van der Waals surface area contributed by atoms with Gasteiger partial charge in [-0.25, -0.2) is 0 Å². The van der Waals surface area contributed by atoms with Crippen LogP contribution in [0.5, 0.6) is 11.5 Å². The Hall–Kier alpha value is -2.06. The van der Waals surface area contributed by atoms with E-state index in [2.05, 4.69) is 0 Å². The lowest BCUT2D eigenvalue weighted by atomic mass is 10.1. The Morgan fingerprint density at radius 3 is 2.75 bits per heavy atom. The van der Waals surface area contributed by atoms with E-state index < -0.39 is 5.97 Å². The number of thioether (sulfide) groups is 1. The summed E-state index contributed by atoms with van der Waals surface area (Å²) in [6.07, 6.45) is 4.94. The fourth-order valence-electron chi connectivity index (χ4n) is 2.67. The average molecular weight is 424 g/mol. The summed E-state index contributed by atoms with van der Waals surface area (Å²) in [4.78, 5) is 25.4. The second-order valence-electron chi connectivity index (χ2n) is 6.30. The summed E-state index contributed by atoms with van der Waals surface area (Å²) < 4.78 is 11.6. The van der Waals surface area contributed by atoms with Gasteiger partial charge in [0.05, 0.1) is 18.6 Å². The number of carbonyl (C=O) groups excluding carboxylic acids is 1. The molecular weight excluding hydrogens is 398 g/mol. The minimum absolute atomic E-state index is 0.112. The number of carboxylic acid groups (broad SMARTS) is 1. The molecule has 0 aliphatic carbocycles. The largest absolute Gasteiger partial charge is 0.493 e. The van der Waals surface area contributed by atoms with Gasteiger partial charge in [-0.05, 0) is 43.0 Å². The van der Waals surface area contributed by atoms with Gasteiger partial charge in [0.1, 0.15) is 4.32 Å². The Morgan fingerprint density at radius 1 is 1.29 bits per heavy atom. The molecule has 1 saturated heterocycles. The van der Waals surface area contributed by atoms with E-state index in [1.165, 1.54) is 11.8 Å². The smallest absolute Gasteiger partial charge is 0.303 e. The number of unbranched alkanes of at least 4 members (excludes halogenated alkanes) is 2. The Labute approximate surface area is 174 Å². The molecule has 1 aliphatic rings. The zero-order valence-electron chi connectivity index (χ0n) is 16.1. The van der Waals surface area contributed by atoms with Crippen LogP contribution in [-0.4, -0.2) is 46.5 Å². The number of carboxylic acids is 1. The number of ether oxygens (including phenoxy) is 2. The summed E-state index contributed by atoms with van der Waals surface area (Å²) in [7, 11) is 1.59. The molecule has 0 spiro atoms. The molecule has 0 radical (unpaired) electrons. The highest BCUT2D eigenvalue weighted by molar-refractivity contribution is 8.26. The molecule has 1 aromatic carbocycles. The van der Waals surface area contributed by atoms with Crippen LogP contribution in [0.3, 0.4) is 0 Å². The van der Waals surface area contributed by atoms with E-state index in [4.69, 9.17) is 26.8 Å². The number of amides is 1. The van der Waals surface area contributed by atoms with E-state index in [0.29, 0.717) is 40.3 Å². The topological polar surface area (TPSA) is 76.1 Å². The van der Waals surface area contributed by atoms with Crippen molar-refractivity contribution in [2.75, 3.05) is 20.3 Å². The summed E-state index contributed by atoms with van der Waals surface area (Å²) in [5, 5.41) is 8.67. The average Bonchev–Trinajstić information content (AvgIpc) is 2.93. The van der Waals surface area contributed by atoms with E-state index in [9.17, 15) is 9.59 Å². The molecule has 152 valence electrons. The molecule has 0 aromatic heterocycles. The van der Waals surface area contributed by atoms with E-state index >= 15 is 0 Å². The van der Waals surface area contributed by atoms with Gasteiger partial charge in [-0.3, -0.25) is 14.5 Å². The van der Waals surface area contributed by atoms with Gasteiger partial charge < -0.3 is 14.6 Å². The number of methoxy groups -OCH3 is 1. The Morgan fingerprint density at radius 2 is 2.07 bits per heavy atom. The molecule has 1 aliphatic heterocycles. The van der Waals surface area contributed by atoms with E-state index in [1.54, 1.807) is 18.1 Å². The van der Waals surface area contributed by atoms with Gasteiger partial charge in [-0.2, -0.15) is 0 Å². The lowest BCUT2D eigenvalue weighted by molar-refractivity contribution is -0.137. The molecule has 1 aromatic rings. The SMILES string of the molecule is CCCOc1ccc(C=C2SC(=S)N(CCCCCC(=O)O)C2=O)cc1OC. The zero-order chi connectivity index (χ0) is 20.5. The predicted octanol–water partition coefficient (Wildman–Crippen LogP) is 4.33. The highest BCUT2D eigenvalue weighted by atomic mass is 32.2. The van der Waals surface area contributed by atoms with Gasteiger partial charge in [0, 0.05) is 13.0 Å². The van der Waals surface area contributed by atoms with Crippen molar-refractivity contribution in [3.05, 3.63) is 28.7 Å². The van der Waals surface area contributed by atoms with Crippen LogP contribution in [0.4, 0.5) is 0 Å². The van der Waals surface area contributed by atoms with Crippen molar-refractivity contribution < 1.29 is 24.2 Å². The van der Waals surface area contributed by atoms with Gasteiger partial charge in [-0.1, -0.05) is 43.4 Å². The predicted molar refractivity (Wildman–Crippen MR) is 115 cm³/mol. The standard InChI is InChI=1S/C20H25NO5S2/c1-3-11-26-15-9-8-14(12-16(15)25-2)13-17-19(24)21(20(27)28-17)10-6-4-5-7-18(22)23/h8-9,12-13H,3-7,10-11H2,1-2H3,(H,22,23). The van der Waals surface area contributed by atoms with Crippen LogP contribution >= 0.6 is 24.0 Å². The number of rotatable bonds is 11. The minimum atomic E-state index is -0.796. The Balaban J connectivity index is 2.01. The highest BCUT2D eigenvalue weighted by Gasteiger charge is 2.31. The van der Waals surface area contributed by atoms with Gasteiger partial charge >= 0.3 is 5.97 Å². The summed E-state index contributed by atoms with van der Waals surface area (Å²) in [5.41, 5.74) is 0.836. The third-order valence-corrected chi connectivity index (χ3v) is 5.47. The summed E-state index contributed by atoms with van der Waals surface area (Å²) >= 11 is 6.62. The van der Waals surface area contributed by atoms with E-state index in [-0.39, 0.29) is 12.3 Å². The fraction of sp³-hybridized carbons (Fsp3) is 0.450. The zero-order valence-corrected chi connectivity index (χ0v) is 17.7. The van der Waals surface area contributed by atoms with Crippen molar-refractivity contribution in [3.8, 4) is 11.5 Å². The fourth-order valence-corrected chi connectivity index (χ4v) is 3.98. The van der Waals surface area contributed by atoms with Crippen LogP contribution in [0.25, 0.3) is 6.08 Å². The molecule has 0 atom stereocenters. The quantitative estimate of drug-likeness (QED) is 0.322. The van der Waals surface area contributed by atoms with Gasteiger partial charge in [0.25, 0.3) is 5.91 Å². The first kappa shape index (κ1) is 22.2. The van der Waals surface area contributed by atoms with Gasteiger partial charge in [-0.15, -0.1) is 0 Å². The second-order valence-corrected chi connectivity index (χ2v) is 7.97. The molecule has 2 rings (SSSR count). The lowest BCUT2D eigenvalue weighted by Gasteiger charge is -2.13. The van der Waals surface area contributed by atoms with Crippen LogP contribution in [0.2, 0.25) is 0 Å². The normalized spacial score (nSPS) is 15.4. The summed E-state index contributed by atoms with van der Waals surface area (Å²) in [6, 6.07) is 5.55. The molecule has 28 heavy (non-hydrogen) atoms. The van der Waals surface area contributed by atoms with Crippen LogP contribution in [0, 0.1) is 0 Å². The minimum Gasteiger partial charge on any atom is -0.493 e. The van der Waals surface area contributed by atoms with Crippen molar-refractivity contribution >= 4 is 46.3 Å². The first-order valence-corrected chi connectivity index (χ1v) is 10.5. The van der Waals surface area contributed by atoms with Crippen molar-refractivity contribution in [3.63, 3.8) is 0 Å². The maximum atomic E-state index is 12.7. The van der Waals surface area contributed by atoms with Gasteiger partial charge in [0.2, 0.25) is 0 Å². The molecule has 1 heterocycles. The van der Waals surface area contributed by atoms with E-state index in [1.807, 2.05) is 25.1 Å².